The van der Waals surface area contributed by atoms with Crippen LogP contribution in [-0.2, 0) is 10.9 Å². The van der Waals surface area contributed by atoms with Gasteiger partial charge < -0.3 is 20.3 Å². The maximum atomic E-state index is 12.8. The highest BCUT2D eigenvalue weighted by Gasteiger charge is 2.30. The van der Waals surface area contributed by atoms with Gasteiger partial charge in [-0.3, -0.25) is 0 Å². The highest BCUT2D eigenvalue weighted by molar-refractivity contribution is 5.80. The van der Waals surface area contributed by atoms with Gasteiger partial charge in [0.25, 0.3) is 0 Å². The van der Waals surface area contributed by atoms with Gasteiger partial charge in [-0.25, -0.2) is 9.79 Å². The lowest BCUT2D eigenvalue weighted by Crippen LogP contribution is -2.49. The van der Waals surface area contributed by atoms with E-state index in [9.17, 15) is 18.0 Å². The number of ether oxygens (including phenoxy) is 1. The molecule has 1 aliphatic rings. The SMILES string of the molecule is CCNC(=NCC#Cc1cccc(C(F)(F)F)c1)NC1CCN(C(=O)OCC)CC1. The van der Waals surface area contributed by atoms with Gasteiger partial charge in [-0.1, -0.05) is 17.9 Å². The number of benzene rings is 1. The smallest absolute Gasteiger partial charge is 0.416 e. The van der Waals surface area contributed by atoms with E-state index in [1.165, 1.54) is 12.1 Å². The number of halogens is 3. The molecular formula is C21H27F3N4O2. The van der Waals surface area contributed by atoms with Gasteiger partial charge in [0, 0.05) is 31.2 Å². The third-order valence-electron chi connectivity index (χ3n) is 4.44. The number of amides is 1. The lowest BCUT2D eigenvalue weighted by Gasteiger charge is -2.32. The predicted molar refractivity (Wildman–Crippen MR) is 109 cm³/mol. The molecule has 9 heteroatoms. The van der Waals surface area contributed by atoms with E-state index in [-0.39, 0.29) is 18.7 Å². The van der Waals surface area contributed by atoms with Crippen molar-refractivity contribution in [3.63, 3.8) is 0 Å². The van der Waals surface area contributed by atoms with Crippen LogP contribution in [0.2, 0.25) is 0 Å². The number of carbonyl (C=O) groups excluding carboxylic acids is 1. The number of likely N-dealkylation sites (tertiary alicyclic amines) is 1. The first-order valence-electron chi connectivity index (χ1n) is 9.96. The van der Waals surface area contributed by atoms with E-state index in [4.69, 9.17) is 4.74 Å². The Morgan fingerprint density at radius 3 is 2.67 bits per heavy atom. The predicted octanol–water partition coefficient (Wildman–Crippen LogP) is 3.23. The number of guanidine groups is 1. The summed E-state index contributed by atoms with van der Waals surface area (Å²) in [5.74, 6) is 6.09. The molecule has 0 aromatic heterocycles. The van der Waals surface area contributed by atoms with Crippen molar-refractivity contribution in [2.75, 3.05) is 32.8 Å². The summed E-state index contributed by atoms with van der Waals surface area (Å²) in [6, 6.07) is 5.07. The van der Waals surface area contributed by atoms with E-state index in [1.807, 2.05) is 6.92 Å². The Labute approximate surface area is 174 Å². The average molecular weight is 424 g/mol. The molecule has 30 heavy (non-hydrogen) atoms. The molecule has 1 fully saturated rings. The zero-order valence-corrected chi connectivity index (χ0v) is 17.2. The van der Waals surface area contributed by atoms with Crippen LogP contribution in [0.15, 0.2) is 29.3 Å². The Morgan fingerprint density at radius 2 is 2.03 bits per heavy atom. The number of hydrogen-bond acceptors (Lipinski definition) is 3. The van der Waals surface area contributed by atoms with Crippen LogP contribution in [0.1, 0.15) is 37.8 Å². The summed E-state index contributed by atoms with van der Waals surface area (Å²) in [5, 5.41) is 6.45. The third-order valence-corrected chi connectivity index (χ3v) is 4.44. The number of nitrogens with one attached hydrogen (secondary N) is 2. The van der Waals surface area contributed by atoms with Crippen molar-refractivity contribution in [3.8, 4) is 11.8 Å². The zero-order chi connectivity index (χ0) is 22.0. The van der Waals surface area contributed by atoms with Crippen molar-refractivity contribution >= 4 is 12.1 Å². The van der Waals surface area contributed by atoms with Crippen LogP contribution in [0.4, 0.5) is 18.0 Å². The minimum Gasteiger partial charge on any atom is -0.450 e. The fraction of sp³-hybridized carbons (Fsp3) is 0.524. The first-order chi connectivity index (χ1) is 14.3. The Bertz CT molecular complexity index is 791. The van der Waals surface area contributed by atoms with Crippen LogP contribution >= 0.6 is 0 Å². The Morgan fingerprint density at radius 1 is 1.30 bits per heavy atom. The van der Waals surface area contributed by atoms with E-state index in [0.717, 1.165) is 25.0 Å². The standard InChI is InChI=1S/C21H27F3N4O2/c1-3-25-19(27-18-10-13-28(14-11-18)20(29)30-4-2)26-12-6-8-16-7-5-9-17(15-16)21(22,23)24/h5,7,9,15,18H,3-4,10-14H2,1-2H3,(H2,25,26,27). The highest BCUT2D eigenvalue weighted by atomic mass is 19.4. The summed E-state index contributed by atoms with van der Waals surface area (Å²) in [6.07, 6.45) is -3.15. The summed E-state index contributed by atoms with van der Waals surface area (Å²) in [5.41, 5.74) is -0.425. The molecule has 0 radical (unpaired) electrons. The van der Waals surface area contributed by atoms with E-state index in [0.29, 0.717) is 37.8 Å². The molecule has 1 amide bonds. The minimum atomic E-state index is -4.39. The molecule has 0 atom stereocenters. The van der Waals surface area contributed by atoms with Crippen LogP contribution < -0.4 is 10.6 Å². The van der Waals surface area contributed by atoms with Crippen molar-refractivity contribution in [3.05, 3.63) is 35.4 Å². The van der Waals surface area contributed by atoms with Crippen LogP contribution in [0.3, 0.4) is 0 Å². The summed E-state index contributed by atoms with van der Waals surface area (Å²) in [7, 11) is 0. The molecule has 2 rings (SSSR count). The lowest BCUT2D eigenvalue weighted by atomic mass is 10.1. The summed E-state index contributed by atoms with van der Waals surface area (Å²) < 4.78 is 43.3. The van der Waals surface area contributed by atoms with E-state index in [1.54, 1.807) is 11.8 Å². The second-order valence-corrected chi connectivity index (χ2v) is 6.68. The zero-order valence-electron chi connectivity index (χ0n) is 17.2. The van der Waals surface area contributed by atoms with Crippen molar-refractivity contribution in [1.82, 2.24) is 15.5 Å². The molecule has 0 saturated carbocycles. The summed E-state index contributed by atoms with van der Waals surface area (Å²) in [6.45, 7) is 6.09. The quantitative estimate of drug-likeness (QED) is 0.443. The first kappa shape index (κ1) is 23.4. The van der Waals surface area contributed by atoms with Crippen LogP contribution in [-0.4, -0.2) is 55.8 Å². The van der Waals surface area contributed by atoms with Crippen LogP contribution in [0, 0.1) is 11.8 Å². The Kier molecular flexibility index (Phi) is 8.84. The van der Waals surface area contributed by atoms with Crippen molar-refractivity contribution < 1.29 is 22.7 Å². The van der Waals surface area contributed by atoms with E-state index < -0.39 is 11.7 Å². The summed E-state index contributed by atoms with van der Waals surface area (Å²) in [4.78, 5) is 17.8. The van der Waals surface area contributed by atoms with Crippen molar-refractivity contribution in [2.45, 2.75) is 38.9 Å². The number of hydrogen-bond donors (Lipinski definition) is 2. The molecular weight excluding hydrogens is 397 g/mol. The van der Waals surface area contributed by atoms with Gasteiger partial charge >= 0.3 is 12.3 Å². The molecule has 1 saturated heterocycles. The Balaban J connectivity index is 1.90. The maximum absolute atomic E-state index is 12.8. The lowest BCUT2D eigenvalue weighted by molar-refractivity contribution is -0.137. The Hall–Kier alpha value is -2.89. The molecule has 0 unspecified atom stereocenters. The van der Waals surface area contributed by atoms with Crippen molar-refractivity contribution in [1.29, 1.82) is 0 Å². The largest absolute Gasteiger partial charge is 0.450 e. The normalized spacial score (nSPS) is 15.2. The first-order valence-corrected chi connectivity index (χ1v) is 9.96. The molecule has 6 nitrogen and oxygen atoms in total. The topological polar surface area (TPSA) is 66.0 Å². The molecule has 2 N–H and O–H groups in total. The van der Waals surface area contributed by atoms with Gasteiger partial charge in [-0.05, 0) is 44.9 Å². The number of piperidine rings is 1. The fourth-order valence-corrected chi connectivity index (χ4v) is 2.97. The van der Waals surface area contributed by atoms with Gasteiger partial charge in [0.2, 0.25) is 0 Å². The molecule has 0 aliphatic carbocycles. The van der Waals surface area contributed by atoms with Gasteiger partial charge in [-0.15, -0.1) is 0 Å². The van der Waals surface area contributed by atoms with Crippen molar-refractivity contribution in [2.24, 2.45) is 4.99 Å². The number of carbonyl (C=O) groups is 1. The average Bonchev–Trinajstić information content (AvgIpc) is 2.71. The van der Waals surface area contributed by atoms with E-state index >= 15 is 0 Å². The van der Waals surface area contributed by atoms with Crippen LogP contribution in [0.25, 0.3) is 0 Å². The second-order valence-electron chi connectivity index (χ2n) is 6.68. The van der Waals surface area contributed by atoms with Gasteiger partial charge in [0.1, 0.15) is 6.54 Å². The maximum Gasteiger partial charge on any atom is 0.416 e. The highest BCUT2D eigenvalue weighted by Crippen LogP contribution is 2.29. The second kappa shape index (κ2) is 11.3. The van der Waals surface area contributed by atoms with Gasteiger partial charge in [0.15, 0.2) is 5.96 Å². The molecule has 1 aliphatic heterocycles. The fourth-order valence-electron chi connectivity index (χ4n) is 2.97. The summed E-state index contributed by atoms with van der Waals surface area (Å²) >= 11 is 0. The number of aliphatic imine (C=N–C) groups is 1. The minimum absolute atomic E-state index is 0.146. The third kappa shape index (κ3) is 7.50. The monoisotopic (exact) mass is 424 g/mol. The van der Waals surface area contributed by atoms with Gasteiger partial charge in [-0.2, -0.15) is 13.2 Å². The molecule has 1 aromatic rings. The molecule has 164 valence electrons. The number of alkyl halides is 3. The number of nitrogens with zero attached hydrogens (tertiary/aromatic N) is 2. The van der Waals surface area contributed by atoms with Gasteiger partial charge in [0.05, 0.1) is 12.2 Å². The molecule has 0 spiro atoms. The molecule has 1 heterocycles. The number of rotatable bonds is 4. The molecule has 1 aromatic carbocycles. The van der Waals surface area contributed by atoms with Crippen LogP contribution in [0.5, 0.6) is 0 Å². The molecule has 0 bridgehead atoms. The van der Waals surface area contributed by atoms with E-state index in [2.05, 4.69) is 27.5 Å².